The van der Waals surface area contributed by atoms with Crippen LogP contribution in [-0.2, 0) is 21.5 Å². The van der Waals surface area contributed by atoms with Crippen LogP contribution in [0.15, 0.2) is 54.6 Å². The Kier molecular flexibility index (Phi) is 5.32. The number of hydrogen-bond acceptors (Lipinski definition) is 3. The minimum atomic E-state index is -5.10. The number of carbonyl (C=O) groups excluding carboxylic acids is 3. The molecule has 1 fully saturated rings. The fourth-order valence-electron chi connectivity index (χ4n) is 3.17. The van der Waals surface area contributed by atoms with E-state index in [9.17, 15) is 27.6 Å². The zero-order valence-electron chi connectivity index (χ0n) is 15.4. The molecule has 4 amide bonds. The molecule has 0 unspecified atom stereocenters. The Morgan fingerprint density at radius 3 is 2.41 bits per heavy atom. The number of nitrogens with zero attached hydrogens (tertiary/aromatic N) is 1. The molecule has 2 aromatic carbocycles. The molecule has 0 radical (unpaired) electrons. The van der Waals surface area contributed by atoms with Gasteiger partial charge in [-0.2, -0.15) is 13.2 Å². The maximum atomic E-state index is 13.9. The highest BCUT2D eigenvalue weighted by atomic mass is 19.4. The first kappa shape index (κ1) is 20.4. The van der Waals surface area contributed by atoms with Gasteiger partial charge >= 0.3 is 12.2 Å². The molecule has 0 aliphatic carbocycles. The van der Waals surface area contributed by atoms with Crippen LogP contribution in [0, 0.1) is 0 Å². The molecule has 3 rings (SSSR count). The Morgan fingerprint density at radius 1 is 1.10 bits per heavy atom. The van der Waals surface area contributed by atoms with Crippen molar-refractivity contribution < 1.29 is 27.6 Å². The van der Waals surface area contributed by atoms with Gasteiger partial charge in [-0.3, -0.25) is 14.5 Å². The lowest BCUT2D eigenvalue weighted by molar-refractivity contribution is -0.198. The van der Waals surface area contributed by atoms with Gasteiger partial charge < -0.3 is 10.6 Å². The van der Waals surface area contributed by atoms with E-state index in [1.807, 2.05) is 13.0 Å². The quantitative estimate of drug-likeness (QED) is 0.750. The summed E-state index contributed by atoms with van der Waals surface area (Å²) in [5.41, 5.74) is -2.29. The zero-order chi connectivity index (χ0) is 21.2. The van der Waals surface area contributed by atoms with Crippen molar-refractivity contribution in [2.45, 2.75) is 25.1 Å². The van der Waals surface area contributed by atoms with Crippen LogP contribution in [0.1, 0.15) is 18.1 Å². The average Bonchev–Trinajstić information content (AvgIpc) is 2.94. The average molecular weight is 405 g/mol. The topological polar surface area (TPSA) is 78.5 Å². The number of amides is 4. The van der Waals surface area contributed by atoms with Gasteiger partial charge in [0, 0.05) is 5.69 Å². The molecule has 1 aliphatic rings. The third-order valence-corrected chi connectivity index (χ3v) is 4.66. The fraction of sp³-hybridized carbons (Fsp3) is 0.250. The minimum absolute atomic E-state index is 0.277. The lowest BCUT2D eigenvalue weighted by atomic mass is 9.89. The number of hydrogen-bond donors (Lipinski definition) is 2. The molecule has 9 heteroatoms. The number of alkyl halides is 3. The van der Waals surface area contributed by atoms with Gasteiger partial charge in [-0.05, 0) is 29.7 Å². The summed E-state index contributed by atoms with van der Waals surface area (Å²) < 4.78 is 41.7. The molecule has 1 heterocycles. The third-order valence-electron chi connectivity index (χ3n) is 4.66. The van der Waals surface area contributed by atoms with Gasteiger partial charge in [-0.1, -0.05) is 49.4 Å². The highest BCUT2D eigenvalue weighted by molar-refractivity contribution is 6.11. The van der Waals surface area contributed by atoms with Gasteiger partial charge in [0.2, 0.25) is 11.4 Å². The van der Waals surface area contributed by atoms with Crippen LogP contribution in [0.5, 0.6) is 0 Å². The smallest absolute Gasteiger partial charge is 0.325 e. The number of urea groups is 1. The summed E-state index contributed by atoms with van der Waals surface area (Å²) in [6.07, 6.45) is -4.37. The Balaban J connectivity index is 1.85. The second-order valence-corrected chi connectivity index (χ2v) is 6.54. The summed E-state index contributed by atoms with van der Waals surface area (Å²) in [5.74, 6) is -2.33. The molecule has 1 saturated heterocycles. The number of imide groups is 1. The SMILES string of the molecule is CCc1cccc(NC(=O)CN2C(=O)N[C@](c3ccccc3)(C(F)(F)F)C2=O)c1. The van der Waals surface area contributed by atoms with Gasteiger partial charge in [0.15, 0.2) is 0 Å². The van der Waals surface area contributed by atoms with Crippen molar-refractivity contribution in [3.63, 3.8) is 0 Å². The number of anilines is 1. The van der Waals surface area contributed by atoms with E-state index in [1.54, 1.807) is 23.5 Å². The molecule has 29 heavy (non-hydrogen) atoms. The van der Waals surface area contributed by atoms with Crippen LogP contribution < -0.4 is 10.6 Å². The first-order valence-corrected chi connectivity index (χ1v) is 8.84. The molecule has 2 N–H and O–H groups in total. The van der Waals surface area contributed by atoms with E-state index in [4.69, 9.17) is 0 Å². The summed E-state index contributed by atoms with van der Waals surface area (Å²) >= 11 is 0. The molecule has 152 valence electrons. The lowest BCUT2D eigenvalue weighted by Crippen LogP contribution is -2.55. The van der Waals surface area contributed by atoms with Crippen LogP contribution in [0.2, 0.25) is 0 Å². The van der Waals surface area contributed by atoms with E-state index in [2.05, 4.69) is 5.32 Å². The van der Waals surface area contributed by atoms with Crippen LogP contribution >= 0.6 is 0 Å². The van der Waals surface area contributed by atoms with E-state index in [0.717, 1.165) is 24.1 Å². The van der Waals surface area contributed by atoms with Gasteiger partial charge in [0.1, 0.15) is 6.54 Å². The van der Waals surface area contributed by atoms with Gasteiger partial charge in [-0.25, -0.2) is 4.79 Å². The van der Waals surface area contributed by atoms with Crippen LogP contribution in [0.25, 0.3) is 0 Å². The maximum absolute atomic E-state index is 13.9. The van der Waals surface area contributed by atoms with E-state index in [-0.39, 0.29) is 4.90 Å². The summed E-state index contributed by atoms with van der Waals surface area (Å²) in [5, 5.41) is 4.24. The van der Waals surface area contributed by atoms with E-state index >= 15 is 0 Å². The van der Waals surface area contributed by atoms with Crippen molar-refractivity contribution in [2.24, 2.45) is 0 Å². The van der Waals surface area contributed by atoms with Crippen LogP contribution in [0.3, 0.4) is 0 Å². The van der Waals surface area contributed by atoms with E-state index in [1.165, 1.54) is 18.2 Å². The summed E-state index contributed by atoms with van der Waals surface area (Å²) in [4.78, 5) is 37.5. The number of rotatable bonds is 5. The number of carbonyl (C=O) groups is 3. The first-order chi connectivity index (χ1) is 13.7. The van der Waals surface area contributed by atoms with Crippen molar-refractivity contribution in [1.82, 2.24) is 10.2 Å². The van der Waals surface area contributed by atoms with Crippen molar-refractivity contribution in [1.29, 1.82) is 0 Å². The second kappa shape index (κ2) is 7.57. The molecule has 0 aromatic heterocycles. The molecule has 0 bridgehead atoms. The minimum Gasteiger partial charge on any atom is -0.325 e. The largest absolute Gasteiger partial charge is 0.425 e. The normalized spacial score (nSPS) is 19.2. The fourth-order valence-corrected chi connectivity index (χ4v) is 3.17. The van der Waals surface area contributed by atoms with Crippen molar-refractivity contribution in [3.05, 3.63) is 65.7 Å². The number of benzene rings is 2. The molecular weight excluding hydrogens is 387 g/mol. The summed E-state index contributed by atoms with van der Waals surface area (Å²) in [7, 11) is 0. The monoisotopic (exact) mass is 405 g/mol. The maximum Gasteiger partial charge on any atom is 0.425 e. The first-order valence-electron chi connectivity index (χ1n) is 8.84. The Labute approximate surface area is 164 Å². The number of halogens is 3. The van der Waals surface area contributed by atoms with E-state index in [0.29, 0.717) is 5.69 Å². The predicted octanol–water partition coefficient (Wildman–Crippen LogP) is 3.20. The molecule has 1 atom stereocenters. The van der Waals surface area contributed by atoms with Crippen molar-refractivity contribution >= 4 is 23.5 Å². The molecular formula is C20H18F3N3O3. The van der Waals surface area contributed by atoms with Gasteiger partial charge in [-0.15, -0.1) is 0 Å². The summed E-state index contributed by atoms with van der Waals surface area (Å²) in [6, 6.07) is 11.9. The highest BCUT2D eigenvalue weighted by Crippen LogP contribution is 2.43. The molecule has 0 saturated carbocycles. The van der Waals surface area contributed by atoms with Gasteiger partial charge in [0.25, 0.3) is 5.91 Å². The van der Waals surface area contributed by atoms with Crippen molar-refractivity contribution in [2.75, 3.05) is 11.9 Å². The summed E-state index contributed by atoms with van der Waals surface area (Å²) in [6.45, 7) is 1.08. The molecule has 6 nitrogen and oxygen atoms in total. The number of nitrogens with one attached hydrogen (secondary N) is 2. The highest BCUT2D eigenvalue weighted by Gasteiger charge is 2.68. The second-order valence-electron chi connectivity index (χ2n) is 6.54. The van der Waals surface area contributed by atoms with Crippen molar-refractivity contribution in [3.8, 4) is 0 Å². The molecule has 0 spiro atoms. The lowest BCUT2D eigenvalue weighted by Gasteiger charge is -2.29. The Bertz CT molecular complexity index is 947. The molecule has 2 aromatic rings. The Morgan fingerprint density at radius 2 is 1.79 bits per heavy atom. The van der Waals surface area contributed by atoms with Crippen LogP contribution in [-0.4, -0.2) is 35.5 Å². The van der Waals surface area contributed by atoms with Crippen LogP contribution in [0.4, 0.5) is 23.7 Å². The standard InChI is InChI=1S/C20H18F3N3O3/c1-2-13-7-6-10-15(11-13)24-16(27)12-26-17(28)19(20(21,22)23,25-18(26)29)14-8-4-3-5-9-14/h3-11H,2,12H2,1H3,(H,24,27)(H,25,29)/t19-/m0/s1. The van der Waals surface area contributed by atoms with Gasteiger partial charge in [0.05, 0.1) is 0 Å². The Hall–Kier alpha value is -3.36. The zero-order valence-corrected chi connectivity index (χ0v) is 15.4. The predicted molar refractivity (Wildman–Crippen MR) is 98.9 cm³/mol. The molecule has 1 aliphatic heterocycles. The number of aryl methyl sites for hydroxylation is 1. The third kappa shape index (κ3) is 3.67. The van der Waals surface area contributed by atoms with E-state index < -0.39 is 41.7 Å².